The molecule has 8 heteroatoms. The number of halogens is 1. The van der Waals surface area contributed by atoms with Gasteiger partial charge >= 0.3 is 0 Å². The van der Waals surface area contributed by atoms with Gasteiger partial charge < -0.3 is 15.4 Å². The molecule has 0 bridgehead atoms. The van der Waals surface area contributed by atoms with Gasteiger partial charge in [-0.15, -0.1) is 0 Å². The number of hydrogen-bond acceptors (Lipinski definition) is 7. The molecule has 0 aliphatic carbocycles. The number of aromatic nitrogens is 3. The Morgan fingerprint density at radius 1 is 1.07 bits per heavy atom. The summed E-state index contributed by atoms with van der Waals surface area (Å²) in [6, 6.07) is 13.9. The summed E-state index contributed by atoms with van der Waals surface area (Å²) in [5, 5.41) is 7.77. The topological polar surface area (TPSA) is 72.0 Å². The summed E-state index contributed by atoms with van der Waals surface area (Å²) in [7, 11) is 1.65. The highest BCUT2D eigenvalue weighted by Gasteiger charge is 2.06. The number of fused-ring (bicyclic) bond motifs is 1. The molecule has 0 saturated heterocycles. The second-order valence-electron chi connectivity index (χ2n) is 5.76. The predicted octanol–water partition coefficient (Wildman–Crippen LogP) is 5.10. The second kappa shape index (κ2) is 7.77. The summed E-state index contributed by atoms with van der Waals surface area (Å²) in [6.07, 6.45) is 3.15. The van der Waals surface area contributed by atoms with Crippen LogP contribution in [0.2, 0.25) is 5.15 Å². The SMILES string of the molecule is COc1ccc(Nc2nc3ccc(CNc4cncc(Cl)n4)cc3s2)cc1. The molecule has 4 rings (SSSR count). The van der Waals surface area contributed by atoms with E-state index in [2.05, 4.69) is 31.7 Å². The molecule has 0 radical (unpaired) electrons. The fourth-order valence-corrected chi connectivity index (χ4v) is 3.65. The van der Waals surface area contributed by atoms with Crippen LogP contribution < -0.4 is 15.4 Å². The molecule has 4 aromatic rings. The molecule has 6 nitrogen and oxygen atoms in total. The Bertz CT molecular complexity index is 1070. The average Bonchev–Trinajstić information content (AvgIpc) is 3.08. The molecule has 0 amide bonds. The van der Waals surface area contributed by atoms with Gasteiger partial charge in [-0.1, -0.05) is 29.0 Å². The Kier molecular flexibility index (Phi) is 5.04. The molecule has 136 valence electrons. The number of nitrogens with zero attached hydrogens (tertiary/aromatic N) is 3. The Labute approximate surface area is 165 Å². The first-order valence-corrected chi connectivity index (χ1v) is 9.41. The van der Waals surface area contributed by atoms with Crippen molar-refractivity contribution in [2.24, 2.45) is 0 Å². The third kappa shape index (κ3) is 4.27. The van der Waals surface area contributed by atoms with Gasteiger partial charge in [0, 0.05) is 12.2 Å². The highest BCUT2D eigenvalue weighted by atomic mass is 35.5. The Balaban J connectivity index is 1.47. The third-order valence-electron chi connectivity index (χ3n) is 3.87. The zero-order valence-corrected chi connectivity index (χ0v) is 16.0. The van der Waals surface area contributed by atoms with Crippen LogP contribution in [-0.4, -0.2) is 22.1 Å². The lowest BCUT2D eigenvalue weighted by Crippen LogP contribution is -2.01. The van der Waals surface area contributed by atoms with Crippen molar-refractivity contribution in [1.82, 2.24) is 15.0 Å². The minimum Gasteiger partial charge on any atom is -0.497 e. The van der Waals surface area contributed by atoms with Crippen LogP contribution in [0, 0.1) is 0 Å². The predicted molar refractivity (Wildman–Crippen MR) is 110 cm³/mol. The van der Waals surface area contributed by atoms with Crippen LogP contribution in [-0.2, 0) is 6.54 Å². The van der Waals surface area contributed by atoms with E-state index in [0.29, 0.717) is 17.5 Å². The van der Waals surface area contributed by atoms with Gasteiger partial charge in [-0.2, -0.15) is 0 Å². The quantitative estimate of drug-likeness (QED) is 0.471. The van der Waals surface area contributed by atoms with E-state index in [9.17, 15) is 0 Å². The van der Waals surface area contributed by atoms with E-state index < -0.39 is 0 Å². The van der Waals surface area contributed by atoms with Gasteiger partial charge in [0.25, 0.3) is 0 Å². The summed E-state index contributed by atoms with van der Waals surface area (Å²) in [4.78, 5) is 12.8. The molecule has 0 aliphatic rings. The lowest BCUT2D eigenvalue weighted by molar-refractivity contribution is 0.415. The molecular formula is C19H16ClN5OS. The minimum absolute atomic E-state index is 0.368. The Morgan fingerprint density at radius 2 is 1.93 bits per heavy atom. The number of thiazole rings is 1. The number of ether oxygens (including phenoxy) is 1. The number of methoxy groups -OCH3 is 1. The number of rotatable bonds is 6. The van der Waals surface area contributed by atoms with Crippen molar-refractivity contribution in [3.05, 3.63) is 65.6 Å². The Hall–Kier alpha value is -2.90. The molecule has 2 N–H and O–H groups in total. The number of hydrogen-bond donors (Lipinski definition) is 2. The zero-order valence-electron chi connectivity index (χ0n) is 14.4. The lowest BCUT2D eigenvalue weighted by Gasteiger charge is -2.05. The van der Waals surface area contributed by atoms with Crippen LogP contribution >= 0.6 is 22.9 Å². The lowest BCUT2D eigenvalue weighted by atomic mass is 10.2. The van der Waals surface area contributed by atoms with E-state index in [1.807, 2.05) is 36.4 Å². The average molecular weight is 398 g/mol. The smallest absolute Gasteiger partial charge is 0.188 e. The summed E-state index contributed by atoms with van der Waals surface area (Å²) in [5.74, 6) is 1.47. The first-order chi connectivity index (χ1) is 13.2. The summed E-state index contributed by atoms with van der Waals surface area (Å²) < 4.78 is 6.29. The van der Waals surface area contributed by atoms with E-state index in [1.165, 1.54) is 6.20 Å². The number of nitrogens with one attached hydrogen (secondary N) is 2. The maximum absolute atomic E-state index is 5.86. The normalized spacial score (nSPS) is 10.7. The fourth-order valence-electron chi connectivity index (χ4n) is 2.55. The standard InChI is InChI=1S/C19H16ClN5OS/c1-26-14-5-3-13(4-6-14)23-19-24-15-7-2-12(8-16(15)27-19)9-22-18-11-21-10-17(20)25-18/h2-8,10-11H,9H2,1H3,(H,22,25)(H,23,24). The summed E-state index contributed by atoms with van der Waals surface area (Å²) >= 11 is 7.47. The maximum Gasteiger partial charge on any atom is 0.188 e. The molecular weight excluding hydrogens is 382 g/mol. The summed E-state index contributed by atoms with van der Waals surface area (Å²) in [6.45, 7) is 0.629. The fraction of sp³-hybridized carbons (Fsp3) is 0.105. The minimum atomic E-state index is 0.368. The van der Waals surface area contributed by atoms with Crippen molar-refractivity contribution < 1.29 is 4.74 Å². The molecule has 0 atom stereocenters. The van der Waals surface area contributed by atoms with Crippen LogP contribution in [0.15, 0.2) is 54.9 Å². The van der Waals surface area contributed by atoms with Gasteiger partial charge in [0.05, 0.1) is 29.7 Å². The van der Waals surface area contributed by atoms with E-state index in [1.54, 1.807) is 24.6 Å². The van der Waals surface area contributed by atoms with Gasteiger partial charge in [0.1, 0.15) is 16.7 Å². The number of anilines is 3. The van der Waals surface area contributed by atoms with E-state index in [4.69, 9.17) is 16.3 Å². The molecule has 2 aromatic heterocycles. The summed E-state index contributed by atoms with van der Waals surface area (Å²) in [5.41, 5.74) is 3.06. The molecule has 0 unspecified atom stereocenters. The van der Waals surface area contributed by atoms with Crippen molar-refractivity contribution in [3.8, 4) is 5.75 Å². The van der Waals surface area contributed by atoms with Crippen LogP contribution in [0.25, 0.3) is 10.2 Å². The van der Waals surface area contributed by atoms with Crippen LogP contribution in [0.4, 0.5) is 16.6 Å². The van der Waals surface area contributed by atoms with E-state index in [-0.39, 0.29) is 0 Å². The molecule has 2 heterocycles. The van der Waals surface area contributed by atoms with E-state index >= 15 is 0 Å². The van der Waals surface area contributed by atoms with Gasteiger partial charge in [0.15, 0.2) is 5.13 Å². The van der Waals surface area contributed by atoms with E-state index in [0.717, 1.165) is 32.3 Å². The first-order valence-electron chi connectivity index (χ1n) is 8.21. The third-order valence-corrected chi connectivity index (χ3v) is 4.99. The second-order valence-corrected chi connectivity index (χ2v) is 7.17. The van der Waals surface area contributed by atoms with Crippen molar-refractivity contribution >= 4 is 49.8 Å². The maximum atomic E-state index is 5.86. The highest BCUT2D eigenvalue weighted by molar-refractivity contribution is 7.22. The van der Waals surface area contributed by atoms with Crippen LogP contribution in [0.3, 0.4) is 0 Å². The van der Waals surface area contributed by atoms with Crippen LogP contribution in [0.5, 0.6) is 5.75 Å². The van der Waals surface area contributed by atoms with Gasteiger partial charge in [-0.25, -0.2) is 9.97 Å². The molecule has 27 heavy (non-hydrogen) atoms. The van der Waals surface area contributed by atoms with Crippen molar-refractivity contribution in [1.29, 1.82) is 0 Å². The molecule has 0 aliphatic heterocycles. The molecule has 0 saturated carbocycles. The monoisotopic (exact) mass is 397 g/mol. The first kappa shape index (κ1) is 17.5. The zero-order chi connectivity index (χ0) is 18.6. The highest BCUT2D eigenvalue weighted by Crippen LogP contribution is 2.29. The molecule has 2 aromatic carbocycles. The molecule has 0 fully saturated rings. The van der Waals surface area contributed by atoms with Crippen LogP contribution in [0.1, 0.15) is 5.56 Å². The molecule has 0 spiro atoms. The van der Waals surface area contributed by atoms with Gasteiger partial charge in [-0.05, 0) is 42.0 Å². The van der Waals surface area contributed by atoms with Gasteiger partial charge in [-0.3, -0.25) is 4.98 Å². The number of benzene rings is 2. The van der Waals surface area contributed by atoms with Gasteiger partial charge in [0.2, 0.25) is 0 Å². The van der Waals surface area contributed by atoms with Crippen molar-refractivity contribution in [3.63, 3.8) is 0 Å². The Morgan fingerprint density at radius 3 is 2.70 bits per heavy atom. The van der Waals surface area contributed by atoms with Crippen molar-refractivity contribution in [2.75, 3.05) is 17.7 Å². The van der Waals surface area contributed by atoms with Crippen molar-refractivity contribution in [2.45, 2.75) is 6.54 Å². The largest absolute Gasteiger partial charge is 0.497 e.